The van der Waals surface area contributed by atoms with Crippen LogP contribution in [0.3, 0.4) is 0 Å². The number of hydrogen-bond acceptors (Lipinski definition) is 3. The van der Waals surface area contributed by atoms with Crippen molar-refractivity contribution in [3.05, 3.63) is 23.3 Å². The Bertz CT molecular complexity index is 494. The Morgan fingerprint density at radius 3 is 2.24 bits per heavy atom. The van der Waals surface area contributed by atoms with Gasteiger partial charge >= 0.3 is 6.18 Å². The Morgan fingerprint density at radius 1 is 1.10 bits per heavy atom. The van der Waals surface area contributed by atoms with Crippen LogP contribution < -0.4 is 14.8 Å². The van der Waals surface area contributed by atoms with Gasteiger partial charge in [-0.1, -0.05) is 0 Å². The van der Waals surface area contributed by atoms with Gasteiger partial charge in [-0.05, 0) is 31.9 Å². The highest BCUT2D eigenvalue weighted by Crippen LogP contribution is 2.43. The molecule has 3 nitrogen and oxygen atoms in total. The summed E-state index contributed by atoms with van der Waals surface area (Å²) in [4.78, 5) is 0. The van der Waals surface area contributed by atoms with Crippen LogP contribution in [0.1, 0.15) is 36.8 Å². The minimum Gasteiger partial charge on any atom is -0.496 e. The van der Waals surface area contributed by atoms with E-state index in [4.69, 9.17) is 9.47 Å². The lowest BCUT2D eigenvalue weighted by Gasteiger charge is -2.29. The summed E-state index contributed by atoms with van der Waals surface area (Å²) in [5.74, 6) is 0.244. The standard InChI is InChI=1S/C15H20F3NO2/c1-9-4-5-10(8-19-9)11-6-14(21-3)12(15(16,17)18)7-13(11)20-2/h6-7,9-10,19H,4-5,8H2,1-3H3. The van der Waals surface area contributed by atoms with Crippen LogP contribution in [0.25, 0.3) is 0 Å². The average molecular weight is 303 g/mol. The second kappa shape index (κ2) is 6.13. The lowest BCUT2D eigenvalue weighted by Crippen LogP contribution is -2.35. The molecule has 21 heavy (non-hydrogen) atoms. The van der Waals surface area contributed by atoms with Gasteiger partial charge in [0.1, 0.15) is 17.1 Å². The predicted molar refractivity (Wildman–Crippen MR) is 74.0 cm³/mol. The second-order valence-corrected chi connectivity index (χ2v) is 5.38. The number of rotatable bonds is 3. The summed E-state index contributed by atoms with van der Waals surface area (Å²) >= 11 is 0. The van der Waals surface area contributed by atoms with E-state index in [0.29, 0.717) is 6.04 Å². The van der Waals surface area contributed by atoms with Gasteiger partial charge in [-0.15, -0.1) is 0 Å². The zero-order valence-corrected chi connectivity index (χ0v) is 12.4. The molecule has 1 saturated heterocycles. The van der Waals surface area contributed by atoms with E-state index >= 15 is 0 Å². The number of halogens is 3. The first-order valence-electron chi connectivity index (χ1n) is 6.93. The maximum atomic E-state index is 13.0. The van der Waals surface area contributed by atoms with Gasteiger partial charge in [-0.3, -0.25) is 0 Å². The first kappa shape index (κ1) is 15.9. The van der Waals surface area contributed by atoms with E-state index in [2.05, 4.69) is 12.2 Å². The Labute approximate surface area is 122 Å². The van der Waals surface area contributed by atoms with Crippen molar-refractivity contribution in [1.29, 1.82) is 0 Å². The van der Waals surface area contributed by atoms with Gasteiger partial charge < -0.3 is 14.8 Å². The van der Waals surface area contributed by atoms with Crippen molar-refractivity contribution in [2.45, 2.75) is 37.9 Å². The summed E-state index contributed by atoms with van der Waals surface area (Å²) in [6.45, 7) is 2.83. The molecule has 0 aromatic heterocycles. The SMILES string of the molecule is COc1cc(C(F)(F)F)c(OC)cc1C1CCC(C)NC1. The van der Waals surface area contributed by atoms with Gasteiger partial charge in [-0.2, -0.15) is 13.2 Å². The molecule has 1 N–H and O–H groups in total. The van der Waals surface area contributed by atoms with E-state index in [1.165, 1.54) is 20.3 Å². The highest BCUT2D eigenvalue weighted by atomic mass is 19.4. The summed E-state index contributed by atoms with van der Waals surface area (Å²) in [6.07, 6.45) is -2.56. The third-order valence-corrected chi connectivity index (χ3v) is 3.96. The normalized spacial score (nSPS) is 23.0. The van der Waals surface area contributed by atoms with Crippen molar-refractivity contribution in [2.75, 3.05) is 20.8 Å². The minimum atomic E-state index is -4.46. The fraction of sp³-hybridized carbons (Fsp3) is 0.600. The molecule has 0 saturated carbocycles. The van der Waals surface area contributed by atoms with Crippen LogP contribution in [-0.2, 0) is 6.18 Å². The molecule has 1 aliphatic rings. The van der Waals surface area contributed by atoms with Crippen molar-refractivity contribution in [2.24, 2.45) is 0 Å². The molecule has 2 rings (SSSR count). The van der Waals surface area contributed by atoms with Crippen molar-refractivity contribution in [1.82, 2.24) is 5.32 Å². The topological polar surface area (TPSA) is 30.5 Å². The van der Waals surface area contributed by atoms with Crippen molar-refractivity contribution in [3.63, 3.8) is 0 Å². The monoisotopic (exact) mass is 303 g/mol. The molecule has 1 aliphatic heterocycles. The molecular weight excluding hydrogens is 283 g/mol. The quantitative estimate of drug-likeness (QED) is 0.926. The first-order valence-corrected chi connectivity index (χ1v) is 6.93. The number of benzene rings is 1. The Balaban J connectivity index is 2.42. The van der Waals surface area contributed by atoms with E-state index < -0.39 is 11.7 Å². The fourth-order valence-electron chi connectivity index (χ4n) is 2.73. The van der Waals surface area contributed by atoms with Crippen molar-refractivity contribution in [3.8, 4) is 11.5 Å². The molecule has 1 aromatic carbocycles. The van der Waals surface area contributed by atoms with E-state index in [-0.39, 0.29) is 17.4 Å². The number of methoxy groups -OCH3 is 2. The molecule has 0 amide bonds. The molecule has 0 bridgehead atoms. The third kappa shape index (κ3) is 3.43. The third-order valence-electron chi connectivity index (χ3n) is 3.96. The molecule has 2 unspecified atom stereocenters. The van der Waals surface area contributed by atoms with Gasteiger partial charge in [-0.25, -0.2) is 0 Å². The zero-order chi connectivity index (χ0) is 15.6. The van der Waals surface area contributed by atoms with Crippen LogP contribution >= 0.6 is 0 Å². The minimum absolute atomic E-state index is 0.132. The predicted octanol–water partition coefficient (Wildman–Crippen LogP) is 3.58. The van der Waals surface area contributed by atoms with Gasteiger partial charge in [0.2, 0.25) is 0 Å². The van der Waals surface area contributed by atoms with Crippen LogP contribution in [0.5, 0.6) is 11.5 Å². The lowest BCUT2D eigenvalue weighted by molar-refractivity contribution is -0.138. The van der Waals surface area contributed by atoms with Gasteiger partial charge in [0.25, 0.3) is 0 Å². The van der Waals surface area contributed by atoms with Crippen LogP contribution in [0.4, 0.5) is 13.2 Å². The molecule has 0 spiro atoms. The molecule has 118 valence electrons. The van der Waals surface area contributed by atoms with E-state index in [0.717, 1.165) is 31.0 Å². The van der Waals surface area contributed by atoms with Gasteiger partial charge in [0, 0.05) is 24.1 Å². The highest BCUT2D eigenvalue weighted by Gasteiger charge is 2.36. The summed E-state index contributed by atoms with van der Waals surface area (Å²) in [7, 11) is 2.65. The Kier molecular flexibility index (Phi) is 4.66. The molecule has 1 fully saturated rings. The summed E-state index contributed by atoms with van der Waals surface area (Å²) in [5.41, 5.74) is -0.0375. The van der Waals surface area contributed by atoms with E-state index in [9.17, 15) is 13.2 Å². The van der Waals surface area contributed by atoms with Crippen molar-refractivity contribution < 1.29 is 22.6 Å². The number of hydrogen-bond donors (Lipinski definition) is 1. The molecule has 6 heteroatoms. The molecule has 2 atom stereocenters. The lowest BCUT2D eigenvalue weighted by atomic mass is 9.87. The number of alkyl halides is 3. The van der Waals surface area contributed by atoms with E-state index in [1.54, 1.807) is 0 Å². The summed E-state index contributed by atoms with van der Waals surface area (Å²) < 4.78 is 49.2. The summed E-state index contributed by atoms with van der Waals surface area (Å²) in [6, 6.07) is 2.93. The smallest absolute Gasteiger partial charge is 0.420 e. The Morgan fingerprint density at radius 2 is 1.76 bits per heavy atom. The molecular formula is C15H20F3NO2. The molecule has 0 aliphatic carbocycles. The number of nitrogens with one attached hydrogen (secondary N) is 1. The largest absolute Gasteiger partial charge is 0.496 e. The Hall–Kier alpha value is -1.43. The van der Waals surface area contributed by atoms with Gasteiger partial charge in [0.05, 0.1) is 14.2 Å². The fourth-order valence-corrected chi connectivity index (χ4v) is 2.73. The van der Waals surface area contributed by atoms with Gasteiger partial charge in [0.15, 0.2) is 0 Å². The first-order chi connectivity index (χ1) is 9.86. The molecule has 1 heterocycles. The van der Waals surface area contributed by atoms with E-state index in [1.807, 2.05) is 0 Å². The summed E-state index contributed by atoms with van der Waals surface area (Å²) in [5, 5.41) is 3.35. The second-order valence-electron chi connectivity index (χ2n) is 5.38. The highest BCUT2D eigenvalue weighted by molar-refractivity contribution is 5.49. The van der Waals surface area contributed by atoms with Crippen LogP contribution in [0.15, 0.2) is 12.1 Å². The molecule has 0 radical (unpaired) electrons. The van der Waals surface area contributed by atoms with Crippen LogP contribution in [0.2, 0.25) is 0 Å². The maximum Gasteiger partial charge on any atom is 0.420 e. The average Bonchev–Trinajstić information content (AvgIpc) is 2.45. The van der Waals surface area contributed by atoms with Crippen LogP contribution in [-0.4, -0.2) is 26.8 Å². The number of piperidine rings is 1. The number of ether oxygens (including phenoxy) is 2. The maximum absolute atomic E-state index is 13.0. The van der Waals surface area contributed by atoms with Crippen LogP contribution in [0, 0.1) is 0 Å². The molecule has 1 aromatic rings. The zero-order valence-electron chi connectivity index (χ0n) is 12.4. The van der Waals surface area contributed by atoms with Crippen molar-refractivity contribution >= 4 is 0 Å².